The SMILES string of the molecule is NCC1CCCN(C(=O)c2cc3ccc(F)cc3s2)C1. The molecule has 0 aliphatic carbocycles. The van der Waals surface area contributed by atoms with Gasteiger partial charge in [0.15, 0.2) is 0 Å². The van der Waals surface area contributed by atoms with Gasteiger partial charge in [-0.1, -0.05) is 6.07 Å². The molecule has 1 saturated heterocycles. The number of nitrogens with two attached hydrogens (primary N) is 1. The first-order valence-corrected chi connectivity index (χ1v) is 7.67. The molecule has 5 heteroatoms. The van der Waals surface area contributed by atoms with Crippen molar-refractivity contribution in [2.45, 2.75) is 12.8 Å². The molecule has 2 aromatic rings. The highest BCUT2D eigenvalue weighted by Gasteiger charge is 2.24. The van der Waals surface area contributed by atoms with Crippen LogP contribution >= 0.6 is 11.3 Å². The Balaban J connectivity index is 1.84. The zero-order valence-electron chi connectivity index (χ0n) is 11.1. The predicted octanol–water partition coefficient (Wildman–Crippen LogP) is 2.85. The Labute approximate surface area is 121 Å². The van der Waals surface area contributed by atoms with Gasteiger partial charge < -0.3 is 10.6 Å². The van der Waals surface area contributed by atoms with Crippen LogP contribution in [0.2, 0.25) is 0 Å². The maximum absolute atomic E-state index is 13.2. The van der Waals surface area contributed by atoms with Gasteiger partial charge in [0.1, 0.15) is 5.82 Å². The number of carbonyl (C=O) groups is 1. The van der Waals surface area contributed by atoms with E-state index in [1.165, 1.54) is 23.5 Å². The Morgan fingerprint density at radius 1 is 1.45 bits per heavy atom. The normalized spacial score (nSPS) is 19.5. The number of fused-ring (bicyclic) bond motifs is 1. The molecule has 1 atom stereocenters. The second-order valence-corrected chi connectivity index (χ2v) is 6.37. The highest BCUT2D eigenvalue weighted by atomic mass is 32.1. The number of halogens is 1. The molecule has 1 aliphatic heterocycles. The molecule has 1 aromatic carbocycles. The highest BCUT2D eigenvalue weighted by molar-refractivity contribution is 7.20. The highest BCUT2D eigenvalue weighted by Crippen LogP contribution is 2.28. The molecule has 2 heterocycles. The number of piperidine rings is 1. The number of carbonyl (C=O) groups excluding carboxylic acids is 1. The van der Waals surface area contributed by atoms with Crippen LogP contribution in [0.1, 0.15) is 22.5 Å². The van der Waals surface area contributed by atoms with Crippen LogP contribution in [0.15, 0.2) is 24.3 Å². The summed E-state index contributed by atoms with van der Waals surface area (Å²) >= 11 is 1.36. The maximum Gasteiger partial charge on any atom is 0.263 e. The fourth-order valence-electron chi connectivity index (χ4n) is 2.71. The Morgan fingerprint density at radius 3 is 3.10 bits per heavy atom. The zero-order valence-corrected chi connectivity index (χ0v) is 12.0. The number of nitrogens with zero attached hydrogens (tertiary/aromatic N) is 1. The van der Waals surface area contributed by atoms with Gasteiger partial charge in [0, 0.05) is 17.8 Å². The third kappa shape index (κ3) is 2.55. The van der Waals surface area contributed by atoms with Gasteiger partial charge in [-0.2, -0.15) is 0 Å². The molecule has 0 spiro atoms. The molecule has 0 saturated carbocycles. The van der Waals surface area contributed by atoms with Crippen LogP contribution in [0.25, 0.3) is 10.1 Å². The molecule has 1 aromatic heterocycles. The van der Waals surface area contributed by atoms with Gasteiger partial charge in [0.25, 0.3) is 5.91 Å². The lowest BCUT2D eigenvalue weighted by Gasteiger charge is -2.31. The van der Waals surface area contributed by atoms with Crippen molar-refractivity contribution >= 4 is 27.3 Å². The molecule has 106 valence electrons. The lowest BCUT2D eigenvalue weighted by Crippen LogP contribution is -2.41. The molecule has 0 radical (unpaired) electrons. The summed E-state index contributed by atoms with van der Waals surface area (Å²) < 4.78 is 14.0. The van der Waals surface area contributed by atoms with Crippen LogP contribution < -0.4 is 5.73 Å². The molecule has 1 aliphatic rings. The Hall–Kier alpha value is -1.46. The van der Waals surface area contributed by atoms with Crippen molar-refractivity contribution in [3.05, 3.63) is 35.0 Å². The van der Waals surface area contributed by atoms with E-state index in [1.54, 1.807) is 6.07 Å². The van der Waals surface area contributed by atoms with Crippen LogP contribution in [0, 0.1) is 11.7 Å². The van der Waals surface area contributed by atoms with Gasteiger partial charge in [-0.05, 0) is 48.9 Å². The van der Waals surface area contributed by atoms with Gasteiger partial charge in [0.2, 0.25) is 0 Å². The molecular formula is C15H17FN2OS. The average Bonchev–Trinajstić information content (AvgIpc) is 2.89. The fraction of sp³-hybridized carbons (Fsp3) is 0.400. The standard InChI is InChI=1S/C15H17FN2OS/c16-12-4-3-11-6-14(20-13(11)7-12)15(19)18-5-1-2-10(8-17)9-18/h3-4,6-7,10H,1-2,5,8-9,17H2. The molecule has 0 bridgehead atoms. The minimum absolute atomic E-state index is 0.0461. The monoisotopic (exact) mass is 292 g/mol. The van der Waals surface area contributed by atoms with E-state index in [1.807, 2.05) is 11.0 Å². The summed E-state index contributed by atoms with van der Waals surface area (Å²) in [5, 5.41) is 0.923. The summed E-state index contributed by atoms with van der Waals surface area (Å²) in [4.78, 5) is 15.1. The second kappa shape index (κ2) is 5.50. The minimum Gasteiger partial charge on any atom is -0.338 e. The van der Waals surface area contributed by atoms with Crippen molar-refractivity contribution in [2.24, 2.45) is 11.7 Å². The number of amides is 1. The van der Waals surface area contributed by atoms with E-state index in [4.69, 9.17) is 5.73 Å². The van der Waals surface area contributed by atoms with Crippen LogP contribution in [-0.2, 0) is 0 Å². The van der Waals surface area contributed by atoms with Crippen molar-refractivity contribution in [3.8, 4) is 0 Å². The summed E-state index contributed by atoms with van der Waals surface area (Å²) in [6.45, 7) is 2.15. The molecule has 1 unspecified atom stereocenters. The quantitative estimate of drug-likeness (QED) is 0.925. The van der Waals surface area contributed by atoms with E-state index < -0.39 is 0 Å². The summed E-state index contributed by atoms with van der Waals surface area (Å²) in [5.41, 5.74) is 5.71. The lowest BCUT2D eigenvalue weighted by molar-refractivity contribution is 0.0683. The number of rotatable bonds is 2. The van der Waals surface area contributed by atoms with E-state index in [2.05, 4.69) is 0 Å². The molecular weight excluding hydrogens is 275 g/mol. The number of hydrogen-bond acceptors (Lipinski definition) is 3. The molecule has 1 amide bonds. The largest absolute Gasteiger partial charge is 0.338 e. The number of hydrogen-bond donors (Lipinski definition) is 1. The summed E-state index contributed by atoms with van der Waals surface area (Å²) in [6, 6.07) is 6.48. The third-order valence-corrected chi connectivity index (χ3v) is 4.92. The predicted molar refractivity (Wildman–Crippen MR) is 79.5 cm³/mol. The summed E-state index contributed by atoms with van der Waals surface area (Å²) in [5.74, 6) is 0.184. The number of benzene rings is 1. The molecule has 3 nitrogen and oxygen atoms in total. The van der Waals surface area contributed by atoms with E-state index >= 15 is 0 Å². The van der Waals surface area contributed by atoms with Crippen LogP contribution in [-0.4, -0.2) is 30.4 Å². The first-order valence-electron chi connectivity index (χ1n) is 6.86. The molecule has 3 rings (SSSR count). The summed E-state index contributed by atoms with van der Waals surface area (Å²) in [6.07, 6.45) is 2.10. The zero-order chi connectivity index (χ0) is 14.1. The van der Waals surface area contributed by atoms with Gasteiger partial charge >= 0.3 is 0 Å². The first-order chi connectivity index (χ1) is 9.67. The van der Waals surface area contributed by atoms with E-state index in [-0.39, 0.29) is 11.7 Å². The maximum atomic E-state index is 13.2. The van der Waals surface area contributed by atoms with E-state index in [0.29, 0.717) is 17.3 Å². The van der Waals surface area contributed by atoms with Gasteiger partial charge in [-0.15, -0.1) is 11.3 Å². The lowest BCUT2D eigenvalue weighted by atomic mass is 9.98. The number of thiophene rings is 1. The fourth-order valence-corrected chi connectivity index (χ4v) is 3.76. The Kier molecular flexibility index (Phi) is 3.72. The Bertz CT molecular complexity index is 640. The second-order valence-electron chi connectivity index (χ2n) is 5.29. The van der Waals surface area contributed by atoms with Gasteiger partial charge in [-0.3, -0.25) is 4.79 Å². The van der Waals surface area contributed by atoms with Crippen molar-refractivity contribution in [2.75, 3.05) is 19.6 Å². The van der Waals surface area contributed by atoms with Crippen molar-refractivity contribution < 1.29 is 9.18 Å². The third-order valence-electron chi connectivity index (χ3n) is 3.83. The van der Waals surface area contributed by atoms with Crippen LogP contribution in [0.4, 0.5) is 4.39 Å². The summed E-state index contributed by atoms with van der Waals surface area (Å²) in [7, 11) is 0. The van der Waals surface area contributed by atoms with Crippen molar-refractivity contribution in [1.82, 2.24) is 4.90 Å². The van der Waals surface area contributed by atoms with Gasteiger partial charge in [0.05, 0.1) is 4.88 Å². The van der Waals surface area contributed by atoms with Crippen LogP contribution in [0.5, 0.6) is 0 Å². The van der Waals surface area contributed by atoms with E-state index in [9.17, 15) is 9.18 Å². The van der Waals surface area contributed by atoms with Gasteiger partial charge in [-0.25, -0.2) is 4.39 Å². The topological polar surface area (TPSA) is 46.3 Å². The van der Waals surface area contributed by atoms with Crippen molar-refractivity contribution in [1.29, 1.82) is 0 Å². The number of likely N-dealkylation sites (tertiary alicyclic amines) is 1. The van der Waals surface area contributed by atoms with Crippen molar-refractivity contribution in [3.63, 3.8) is 0 Å². The smallest absolute Gasteiger partial charge is 0.263 e. The minimum atomic E-state index is -0.264. The van der Waals surface area contributed by atoms with Crippen LogP contribution in [0.3, 0.4) is 0 Å². The molecule has 2 N–H and O–H groups in total. The average molecular weight is 292 g/mol. The Morgan fingerprint density at radius 2 is 2.30 bits per heavy atom. The first kappa shape index (κ1) is 13.5. The molecule has 1 fully saturated rings. The molecule has 20 heavy (non-hydrogen) atoms. The van der Waals surface area contributed by atoms with E-state index in [0.717, 1.165) is 36.0 Å².